The number of nitrogens with zero attached hydrogens (tertiary/aromatic N) is 1. The summed E-state index contributed by atoms with van der Waals surface area (Å²) in [4.78, 5) is 13.7. The molecule has 1 saturated carbocycles. The minimum atomic E-state index is -0.515. The number of anilines is 2. The van der Waals surface area contributed by atoms with Crippen LogP contribution in [0, 0.1) is 11.7 Å². The smallest absolute Gasteiger partial charge is 0.340 e. The Morgan fingerprint density at radius 1 is 1.55 bits per heavy atom. The average Bonchev–Trinajstić information content (AvgIpc) is 3.21. The van der Waals surface area contributed by atoms with Gasteiger partial charge in [0.1, 0.15) is 5.82 Å². The number of rotatable bonds is 5. The Balaban J connectivity index is 2.32. The molecule has 2 rings (SSSR count). The van der Waals surface area contributed by atoms with Gasteiger partial charge >= 0.3 is 5.97 Å². The number of nitrogen functional groups attached to an aromatic ring is 1. The van der Waals surface area contributed by atoms with Crippen molar-refractivity contribution in [1.29, 1.82) is 0 Å². The lowest BCUT2D eigenvalue weighted by atomic mass is 10.1. The Morgan fingerprint density at radius 3 is 2.75 bits per heavy atom. The van der Waals surface area contributed by atoms with E-state index in [9.17, 15) is 9.18 Å². The average molecular weight is 280 g/mol. The first kappa shape index (κ1) is 14.6. The van der Waals surface area contributed by atoms with Crippen LogP contribution < -0.4 is 10.6 Å². The number of hydrogen-bond donors (Lipinski definition) is 1. The molecule has 0 radical (unpaired) electrons. The summed E-state index contributed by atoms with van der Waals surface area (Å²) in [5.41, 5.74) is 6.43. The van der Waals surface area contributed by atoms with E-state index in [2.05, 4.69) is 6.92 Å². The van der Waals surface area contributed by atoms with E-state index in [1.807, 2.05) is 11.9 Å². The van der Waals surface area contributed by atoms with Crippen LogP contribution in [0.1, 0.15) is 37.0 Å². The molecule has 0 amide bonds. The van der Waals surface area contributed by atoms with Gasteiger partial charge in [-0.1, -0.05) is 0 Å². The molecule has 5 heteroatoms. The highest BCUT2D eigenvalue weighted by molar-refractivity contribution is 5.96. The first-order valence-electron chi connectivity index (χ1n) is 6.94. The van der Waals surface area contributed by atoms with Crippen molar-refractivity contribution in [3.8, 4) is 0 Å². The molecule has 4 nitrogen and oxygen atoms in total. The van der Waals surface area contributed by atoms with Gasteiger partial charge in [-0.3, -0.25) is 0 Å². The predicted octanol–water partition coefficient (Wildman–Crippen LogP) is 2.82. The van der Waals surface area contributed by atoms with Gasteiger partial charge in [-0.2, -0.15) is 0 Å². The van der Waals surface area contributed by atoms with Crippen molar-refractivity contribution in [2.75, 3.05) is 24.3 Å². The molecule has 1 unspecified atom stereocenters. The number of hydrogen-bond acceptors (Lipinski definition) is 4. The topological polar surface area (TPSA) is 55.6 Å². The van der Waals surface area contributed by atoms with E-state index in [1.54, 1.807) is 6.92 Å². The zero-order valence-electron chi connectivity index (χ0n) is 12.1. The van der Waals surface area contributed by atoms with Crippen LogP contribution in [0.15, 0.2) is 12.1 Å². The molecule has 1 aliphatic carbocycles. The van der Waals surface area contributed by atoms with E-state index in [0.717, 1.165) is 0 Å². The summed E-state index contributed by atoms with van der Waals surface area (Å²) in [6.45, 7) is 4.05. The molecule has 0 aliphatic heterocycles. The molecule has 0 bridgehead atoms. The number of ether oxygens (including phenoxy) is 1. The van der Waals surface area contributed by atoms with Gasteiger partial charge in [0, 0.05) is 18.8 Å². The largest absolute Gasteiger partial charge is 0.462 e. The highest BCUT2D eigenvalue weighted by Crippen LogP contribution is 2.37. The molecule has 2 N–H and O–H groups in total. The molecule has 0 spiro atoms. The molecule has 1 atom stereocenters. The van der Waals surface area contributed by atoms with Crippen LogP contribution in [0.4, 0.5) is 15.8 Å². The number of esters is 1. The highest BCUT2D eigenvalue weighted by atomic mass is 19.1. The summed E-state index contributed by atoms with van der Waals surface area (Å²) in [7, 11) is 1.84. The number of nitrogens with two attached hydrogens (primary N) is 1. The summed E-state index contributed by atoms with van der Waals surface area (Å²) in [5.74, 6) is -0.327. The third kappa shape index (κ3) is 2.86. The molecule has 0 aromatic heterocycles. The Hall–Kier alpha value is -1.78. The van der Waals surface area contributed by atoms with E-state index in [0.29, 0.717) is 11.6 Å². The van der Waals surface area contributed by atoms with Gasteiger partial charge < -0.3 is 15.4 Å². The normalized spacial score (nSPS) is 15.8. The molecular weight excluding hydrogens is 259 g/mol. The maximum Gasteiger partial charge on any atom is 0.340 e. The number of carbonyl (C=O) groups excluding carboxylic acids is 1. The zero-order valence-corrected chi connectivity index (χ0v) is 12.1. The van der Waals surface area contributed by atoms with E-state index in [4.69, 9.17) is 10.5 Å². The summed E-state index contributed by atoms with van der Waals surface area (Å²) in [5, 5.41) is 0. The fourth-order valence-electron chi connectivity index (χ4n) is 2.35. The van der Waals surface area contributed by atoms with Crippen LogP contribution in [-0.4, -0.2) is 25.7 Å². The van der Waals surface area contributed by atoms with E-state index >= 15 is 0 Å². The molecule has 0 heterocycles. The van der Waals surface area contributed by atoms with Gasteiger partial charge in [0.15, 0.2) is 0 Å². The summed E-state index contributed by atoms with van der Waals surface area (Å²) < 4.78 is 19.0. The van der Waals surface area contributed by atoms with Crippen molar-refractivity contribution in [2.45, 2.75) is 32.7 Å². The molecular formula is C15H21FN2O2. The summed E-state index contributed by atoms with van der Waals surface area (Å²) >= 11 is 0. The minimum absolute atomic E-state index is 0.108. The van der Waals surface area contributed by atoms with Crippen molar-refractivity contribution in [3.05, 3.63) is 23.5 Å². The van der Waals surface area contributed by atoms with Crippen molar-refractivity contribution in [2.24, 2.45) is 5.92 Å². The Morgan fingerprint density at radius 2 is 2.20 bits per heavy atom. The predicted molar refractivity (Wildman–Crippen MR) is 77.4 cm³/mol. The molecule has 1 aliphatic rings. The van der Waals surface area contributed by atoms with Gasteiger partial charge in [-0.25, -0.2) is 9.18 Å². The Kier molecular flexibility index (Phi) is 4.16. The maximum atomic E-state index is 14.1. The number of carbonyl (C=O) groups is 1. The molecule has 20 heavy (non-hydrogen) atoms. The van der Waals surface area contributed by atoms with Crippen LogP contribution >= 0.6 is 0 Å². The Bertz CT molecular complexity index is 515. The van der Waals surface area contributed by atoms with Gasteiger partial charge in [-0.05, 0) is 44.7 Å². The summed E-state index contributed by atoms with van der Waals surface area (Å²) in [6, 6.07) is 2.92. The van der Waals surface area contributed by atoms with Crippen LogP contribution in [0.25, 0.3) is 0 Å². The third-order valence-electron chi connectivity index (χ3n) is 3.91. The molecule has 110 valence electrons. The standard InChI is InChI=1S/C15H21FN2O2/c1-4-20-15(19)11-7-14(12(16)8-13(11)17)18(3)9(2)10-5-6-10/h7-10H,4-6,17H2,1-3H3. The van der Waals surface area contributed by atoms with Crippen molar-refractivity contribution in [1.82, 2.24) is 0 Å². The number of halogens is 1. The van der Waals surface area contributed by atoms with Crippen LogP contribution in [0.3, 0.4) is 0 Å². The molecule has 1 aromatic carbocycles. The molecule has 0 saturated heterocycles. The van der Waals surface area contributed by atoms with Gasteiger partial charge in [0.25, 0.3) is 0 Å². The Labute approximate surface area is 118 Å². The first-order chi connectivity index (χ1) is 9.45. The summed E-state index contributed by atoms with van der Waals surface area (Å²) in [6.07, 6.45) is 2.35. The fraction of sp³-hybridized carbons (Fsp3) is 0.533. The van der Waals surface area contributed by atoms with Crippen molar-refractivity contribution >= 4 is 17.3 Å². The number of benzene rings is 1. The van der Waals surface area contributed by atoms with Gasteiger partial charge in [0.05, 0.1) is 17.9 Å². The second-order valence-corrected chi connectivity index (χ2v) is 5.30. The van der Waals surface area contributed by atoms with E-state index < -0.39 is 11.8 Å². The van der Waals surface area contributed by atoms with Crippen LogP contribution in [0.5, 0.6) is 0 Å². The second-order valence-electron chi connectivity index (χ2n) is 5.30. The van der Waals surface area contributed by atoms with E-state index in [1.165, 1.54) is 25.0 Å². The second kappa shape index (κ2) is 5.69. The fourth-order valence-corrected chi connectivity index (χ4v) is 2.35. The first-order valence-corrected chi connectivity index (χ1v) is 6.94. The monoisotopic (exact) mass is 280 g/mol. The van der Waals surface area contributed by atoms with Crippen molar-refractivity contribution < 1.29 is 13.9 Å². The van der Waals surface area contributed by atoms with Crippen LogP contribution in [-0.2, 0) is 4.74 Å². The van der Waals surface area contributed by atoms with E-state index in [-0.39, 0.29) is 23.9 Å². The third-order valence-corrected chi connectivity index (χ3v) is 3.91. The molecule has 1 aromatic rings. The van der Waals surface area contributed by atoms with Crippen molar-refractivity contribution in [3.63, 3.8) is 0 Å². The molecule has 1 fully saturated rings. The van der Waals surface area contributed by atoms with Gasteiger partial charge in [0.2, 0.25) is 0 Å². The van der Waals surface area contributed by atoms with Gasteiger partial charge in [-0.15, -0.1) is 0 Å². The zero-order chi connectivity index (χ0) is 14.9. The highest BCUT2D eigenvalue weighted by Gasteiger charge is 2.32. The SMILES string of the molecule is CCOC(=O)c1cc(N(C)C(C)C2CC2)c(F)cc1N. The maximum absolute atomic E-state index is 14.1. The lowest BCUT2D eigenvalue weighted by Crippen LogP contribution is -2.31. The lowest BCUT2D eigenvalue weighted by Gasteiger charge is -2.28. The lowest BCUT2D eigenvalue weighted by molar-refractivity contribution is 0.0527. The van der Waals surface area contributed by atoms with Crippen LogP contribution in [0.2, 0.25) is 0 Å². The quantitative estimate of drug-likeness (QED) is 0.665. The minimum Gasteiger partial charge on any atom is -0.462 e.